The van der Waals surface area contributed by atoms with Crippen molar-refractivity contribution in [3.8, 4) is 11.5 Å². The van der Waals surface area contributed by atoms with Crippen LogP contribution in [0, 0.1) is 0 Å². The highest BCUT2D eigenvalue weighted by Crippen LogP contribution is 2.41. The van der Waals surface area contributed by atoms with Crippen molar-refractivity contribution in [2.24, 2.45) is 0 Å². The third-order valence-electron chi connectivity index (χ3n) is 4.64. The number of para-hydroxylation sites is 1. The zero-order valence-electron chi connectivity index (χ0n) is 17.0. The van der Waals surface area contributed by atoms with Crippen LogP contribution in [0.2, 0.25) is 0 Å². The zero-order valence-corrected chi connectivity index (χ0v) is 17.0. The molecular weight excluding hydrogens is 368 g/mol. The predicted octanol–water partition coefficient (Wildman–Crippen LogP) is 3.11. The molecule has 1 aliphatic heterocycles. The minimum Gasteiger partial charge on any atom is -0.488 e. The molecule has 0 saturated carbocycles. The molecule has 2 aromatic rings. The maximum Gasteiger partial charge on any atom is 0.251 e. The lowest BCUT2D eigenvalue weighted by molar-refractivity contribution is -0.121. The van der Waals surface area contributed by atoms with Gasteiger partial charge in [-0.25, -0.2) is 0 Å². The Bertz CT molecular complexity index is 849. The van der Waals surface area contributed by atoms with Gasteiger partial charge in [-0.05, 0) is 38.5 Å². The maximum absolute atomic E-state index is 11.9. The number of nitrogens with one attached hydrogen (secondary N) is 2. The molecule has 2 N–H and O–H groups in total. The Morgan fingerprint density at radius 2 is 1.83 bits per heavy atom. The largest absolute Gasteiger partial charge is 0.488 e. The summed E-state index contributed by atoms with van der Waals surface area (Å²) in [7, 11) is 0. The van der Waals surface area contributed by atoms with Crippen LogP contribution in [0.3, 0.4) is 0 Å². The summed E-state index contributed by atoms with van der Waals surface area (Å²) in [6, 6.07) is 14.9. The highest BCUT2D eigenvalue weighted by Gasteiger charge is 2.32. The molecule has 0 aromatic heterocycles. The molecule has 0 radical (unpaired) electrons. The van der Waals surface area contributed by atoms with Crippen molar-refractivity contribution < 1.29 is 19.1 Å². The minimum atomic E-state index is -0.216. The summed E-state index contributed by atoms with van der Waals surface area (Å²) in [5.74, 6) is 1.34. The van der Waals surface area contributed by atoms with Gasteiger partial charge < -0.3 is 20.1 Å². The van der Waals surface area contributed by atoms with Crippen LogP contribution in [-0.4, -0.2) is 37.1 Å². The number of amides is 2. The van der Waals surface area contributed by atoms with E-state index in [9.17, 15) is 9.59 Å². The summed E-state index contributed by atoms with van der Waals surface area (Å²) < 4.78 is 11.8. The number of hydrogen-bond donors (Lipinski definition) is 2. The fourth-order valence-electron chi connectivity index (χ4n) is 3.28. The summed E-state index contributed by atoms with van der Waals surface area (Å²) in [5.41, 5.74) is 1.55. The van der Waals surface area contributed by atoms with Crippen molar-refractivity contribution in [2.75, 3.05) is 19.7 Å². The molecule has 1 aliphatic rings. The second kappa shape index (κ2) is 9.45. The van der Waals surface area contributed by atoms with Gasteiger partial charge in [-0.1, -0.05) is 30.3 Å². The van der Waals surface area contributed by atoms with Crippen molar-refractivity contribution in [2.45, 2.75) is 38.7 Å². The first kappa shape index (κ1) is 20.7. The van der Waals surface area contributed by atoms with Crippen LogP contribution >= 0.6 is 0 Å². The van der Waals surface area contributed by atoms with Crippen molar-refractivity contribution in [3.05, 3.63) is 59.7 Å². The van der Waals surface area contributed by atoms with Gasteiger partial charge in [0.2, 0.25) is 5.91 Å². The Morgan fingerprint density at radius 1 is 1.03 bits per heavy atom. The van der Waals surface area contributed by atoms with E-state index >= 15 is 0 Å². The number of rotatable bonds is 9. The molecule has 0 saturated heterocycles. The van der Waals surface area contributed by atoms with Crippen LogP contribution in [0.25, 0.3) is 0 Å². The van der Waals surface area contributed by atoms with Crippen molar-refractivity contribution in [1.29, 1.82) is 0 Å². The Balaban J connectivity index is 1.30. The average Bonchev–Trinajstić information content (AvgIpc) is 3.03. The van der Waals surface area contributed by atoms with Gasteiger partial charge in [0.25, 0.3) is 5.91 Å². The summed E-state index contributed by atoms with van der Waals surface area (Å²) >= 11 is 0. The van der Waals surface area contributed by atoms with Crippen LogP contribution in [0.1, 0.15) is 42.6 Å². The summed E-state index contributed by atoms with van der Waals surface area (Å²) in [6.45, 7) is 5.36. The molecule has 29 heavy (non-hydrogen) atoms. The van der Waals surface area contributed by atoms with Crippen LogP contribution in [0.5, 0.6) is 11.5 Å². The monoisotopic (exact) mass is 396 g/mol. The number of fused-ring (bicyclic) bond motifs is 1. The first-order valence-electron chi connectivity index (χ1n) is 9.98. The van der Waals surface area contributed by atoms with Crippen molar-refractivity contribution in [3.63, 3.8) is 0 Å². The standard InChI is InChI=1S/C23H28N2O4/c1-23(2)16-18-10-6-11-19(21(18)29-23)28-15-14-24-20(26)12-7-13-25-22(27)17-8-4-3-5-9-17/h3-6,8-11H,7,12-16H2,1-2H3,(H,24,26)(H,25,27). The lowest BCUT2D eigenvalue weighted by Crippen LogP contribution is -2.30. The molecular formula is C23H28N2O4. The Labute approximate surface area is 171 Å². The number of hydrogen-bond acceptors (Lipinski definition) is 4. The van der Waals surface area contributed by atoms with Gasteiger partial charge in [-0.3, -0.25) is 9.59 Å². The van der Waals surface area contributed by atoms with E-state index in [-0.39, 0.29) is 17.4 Å². The summed E-state index contributed by atoms with van der Waals surface area (Å²) in [6.07, 6.45) is 1.80. The lowest BCUT2D eigenvalue weighted by atomic mass is 10.0. The summed E-state index contributed by atoms with van der Waals surface area (Å²) in [4.78, 5) is 23.9. The molecule has 3 rings (SSSR count). The van der Waals surface area contributed by atoms with Crippen LogP contribution < -0.4 is 20.1 Å². The smallest absolute Gasteiger partial charge is 0.251 e. The van der Waals surface area contributed by atoms with Crippen LogP contribution in [0.15, 0.2) is 48.5 Å². The maximum atomic E-state index is 11.9. The number of carbonyl (C=O) groups is 2. The van der Waals surface area contributed by atoms with Crippen molar-refractivity contribution >= 4 is 11.8 Å². The summed E-state index contributed by atoms with van der Waals surface area (Å²) in [5, 5.41) is 5.66. The molecule has 6 heteroatoms. The SMILES string of the molecule is CC1(C)Cc2cccc(OCCNC(=O)CCCNC(=O)c3ccccc3)c2O1. The predicted molar refractivity (Wildman–Crippen MR) is 111 cm³/mol. The molecule has 0 unspecified atom stereocenters. The van der Waals surface area contributed by atoms with Crippen LogP contribution in [-0.2, 0) is 11.2 Å². The zero-order chi connectivity index (χ0) is 20.7. The van der Waals surface area contributed by atoms with E-state index in [4.69, 9.17) is 9.47 Å². The average molecular weight is 396 g/mol. The third kappa shape index (κ3) is 5.98. The minimum absolute atomic E-state index is 0.0572. The van der Waals surface area contributed by atoms with Gasteiger partial charge in [0.05, 0.1) is 6.54 Å². The van der Waals surface area contributed by atoms with Gasteiger partial charge in [0, 0.05) is 30.5 Å². The van der Waals surface area contributed by atoms with Gasteiger partial charge in [-0.2, -0.15) is 0 Å². The molecule has 154 valence electrons. The first-order chi connectivity index (χ1) is 13.9. The molecule has 0 fully saturated rings. The number of benzene rings is 2. The van der Waals surface area contributed by atoms with Crippen molar-refractivity contribution in [1.82, 2.24) is 10.6 Å². The van der Waals surface area contributed by atoms with Gasteiger partial charge in [0.15, 0.2) is 11.5 Å². The van der Waals surface area contributed by atoms with Gasteiger partial charge in [-0.15, -0.1) is 0 Å². The fourth-order valence-corrected chi connectivity index (χ4v) is 3.28. The Kier molecular flexibility index (Phi) is 6.75. The molecule has 0 aliphatic carbocycles. The third-order valence-corrected chi connectivity index (χ3v) is 4.64. The topological polar surface area (TPSA) is 76.7 Å². The normalized spacial score (nSPS) is 13.9. The van der Waals surface area contributed by atoms with E-state index in [0.717, 1.165) is 17.7 Å². The molecule has 0 atom stereocenters. The number of carbonyl (C=O) groups excluding carboxylic acids is 2. The Morgan fingerprint density at radius 3 is 2.62 bits per heavy atom. The molecule has 0 bridgehead atoms. The highest BCUT2D eigenvalue weighted by molar-refractivity contribution is 5.94. The van der Waals surface area contributed by atoms with Gasteiger partial charge >= 0.3 is 0 Å². The molecule has 2 amide bonds. The first-order valence-corrected chi connectivity index (χ1v) is 9.98. The quantitative estimate of drug-likeness (QED) is 0.639. The molecule has 2 aromatic carbocycles. The van der Waals surface area contributed by atoms with Gasteiger partial charge in [0.1, 0.15) is 12.2 Å². The highest BCUT2D eigenvalue weighted by atomic mass is 16.5. The van der Waals surface area contributed by atoms with E-state index in [1.807, 2.05) is 30.3 Å². The lowest BCUT2D eigenvalue weighted by Gasteiger charge is -2.18. The van der Waals surface area contributed by atoms with E-state index in [1.165, 1.54) is 0 Å². The van der Waals surface area contributed by atoms with E-state index in [2.05, 4.69) is 30.5 Å². The van der Waals surface area contributed by atoms with Crippen LogP contribution in [0.4, 0.5) is 0 Å². The number of ether oxygens (including phenoxy) is 2. The molecule has 0 spiro atoms. The second-order valence-corrected chi connectivity index (χ2v) is 7.71. The second-order valence-electron chi connectivity index (χ2n) is 7.71. The van der Waals surface area contributed by atoms with E-state index in [0.29, 0.717) is 43.9 Å². The van der Waals surface area contributed by atoms with E-state index < -0.39 is 0 Å². The molecule has 6 nitrogen and oxygen atoms in total. The molecule has 1 heterocycles. The van der Waals surface area contributed by atoms with E-state index in [1.54, 1.807) is 12.1 Å². The Hall–Kier alpha value is -3.02. The fraction of sp³-hybridized carbons (Fsp3) is 0.391.